The lowest BCUT2D eigenvalue weighted by molar-refractivity contribution is -0.351. The smallest absolute Gasteiger partial charge is 0.358 e. The molecule has 6 atom stereocenters. The Labute approximate surface area is 201 Å². The molecule has 13 nitrogen and oxygen atoms in total. The Hall–Kier alpha value is -3.23. The van der Waals surface area contributed by atoms with Crippen LogP contribution in [0.15, 0.2) is 41.7 Å². The van der Waals surface area contributed by atoms with Crippen LogP contribution in [0.25, 0.3) is 0 Å². The number of hydrogen-bond acceptors (Lipinski definition) is 13. The number of methoxy groups -OCH3 is 3. The second-order valence-electron chi connectivity index (χ2n) is 7.83. The Bertz CT molecular complexity index is 987. The van der Waals surface area contributed by atoms with Crippen LogP contribution in [0.1, 0.15) is 18.8 Å². The van der Waals surface area contributed by atoms with E-state index < -0.39 is 54.8 Å². The topological polar surface area (TPSA) is 143 Å². The summed E-state index contributed by atoms with van der Waals surface area (Å²) in [7, 11) is 3.74. The van der Waals surface area contributed by atoms with Crippen molar-refractivity contribution in [2.45, 2.75) is 43.9 Å². The molecule has 0 aromatic heterocycles. The molecule has 0 saturated carbocycles. The van der Waals surface area contributed by atoms with Gasteiger partial charge in [-0.05, 0) is 0 Å². The third kappa shape index (κ3) is 4.81. The number of hydrogen-bond donors (Lipinski definition) is 2. The quantitative estimate of drug-likeness (QED) is 0.394. The molecule has 1 aromatic carbocycles. The molecule has 2 N–H and O–H groups in total. The van der Waals surface area contributed by atoms with Crippen molar-refractivity contribution in [3.05, 3.63) is 47.3 Å². The van der Waals surface area contributed by atoms with Gasteiger partial charge in [0.1, 0.15) is 18.2 Å². The fourth-order valence-corrected chi connectivity index (χ4v) is 4.27. The van der Waals surface area contributed by atoms with Gasteiger partial charge in [0.2, 0.25) is 0 Å². The van der Waals surface area contributed by atoms with Crippen molar-refractivity contribution in [1.82, 2.24) is 16.0 Å². The molecule has 2 saturated heterocycles. The van der Waals surface area contributed by atoms with Gasteiger partial charge in [-0.1, -0.05) is 30.3 Å². The average Bonchev–Trinajstić information content (AvgIpc) is 3.31. The lowest BCUT2D eigenvalue weighted by atomic mass is 9.93. The zero-order chi connectivity index (χ0) is 25.1. The van der Waals surface area contributed by atoms with E-state index in [4.69, 9.17) is 33.2 Å². The summed E-state index contributed by atoms with van der Waals surface area (Å²) in [6.07, 6.45) is -4.36. The van der Waals surface area contributed by atoms with Gasteiger partial charge < -0.3 is 33.2 Å². The average molecular weight is 493 g/mol. The molecule has 0 bridgehead atoms. The predicted octanol–water partition coefficient (Wildman–Crippen LogP) is -0.345. The molecule has 3 aliphatic heterocycles. The molecule has 0 spiro atoms. The van der Waals surface area contributed by atoms with E-state index in [1.165, 1.54) is 33.3 Å². The number of rotatable bonds is 6. The Kier molecular flexibility index (Phi) is 7.52. The largest absolute Gasteiger partial charge is 0.464 e. The van der Waals surface area contributed by atoms with Crippen LogP contribution >= 0.6 is 0 Å². The Balaban J connectivity index is 1.77. The van der Waals surface area contributed by atoms with Gasteiger partial charge in [0, 0.05) is 19.6 Å². The second-order valence-corrected chi connectivity index (χ2v) is 7.83. The van der Waals surface area contributed by atoms with Crippen LogP contribution in [0.5, 0.6) is 0 Å². The molecule has 190 valence electrons. The monoisotopic (exact) mass is 493 g/mol. The van der Waals surface area contributed by atoms with E-state index in [9.17, 15) is 14.4 Å². The number of fused-ring (bicyclic) bond motifs is 1. The van der Waals surface area contributed by atoms with Crippen molar-refractivity contribution in [2.24, 2.45) is 0 Å². The number of benzene rings is 1. The van der Waals surface area contributed by atoms with Crippen molar-refractivity contribution in [3.8, 4) is 0 Å². The van der Waals surface area contributed by atoms with Crippen molar-refractivity contribution in [1.29, 1.82) is 0 Å². The van der Waals surface area contributed by atoms with E-state index in [1.54, 1.807) is 0 Å². The van der Waals surface area contributed by atoms with Crippen LogP contribution < -0.4 is 11.0 Å². The predicted molar refractivity (Wildman–Crippen MR) is 114 cm³/mol. The third-order valence-corrected chi connectivity index (χ3v) is 5.76. The minimum atomic E-state index is -1.08. The molecular weight excluding hydrogens is 466 g/mol. The van der Waals surface area contributed by atoms with Crippen LogP contribution in [0.4, 0.5) is 0 Å². The number of nitrogens with one attached hydrogen (secondary N) is 2. The maximum atomic E-state index is 12.8. The fourth-order valence-electron chi connectivity index (χ4n) is 4.27. The molecule has 35 heavy (non-hydrogen) atoms. The zero-order valence-electron chi connectivity index (χ0n) is 19.6. The lowest BCUT2D eigenvalue weighted by Gasteiger charge is -2.51. The summed E-state index contributed by atoms with van der Waals surface area (Å²) >= 11 is 0. The van der Waals surface area contributed by atoms with E-state index >= 15 is 0 Å². The van der Waals surface area contributed by atoms with Gasteiger partial charge in [-0.25, -0.2) is 9.59 Å². The van der Waals surface area contributed by atoms with Crippen molar-refractivity contribution in [2.75, 3.05) is 27.9 Å². The van der Waals surface area contributed by atoms with Crippen molar-refractivity contribution >= 4 is 17.9 Å². The summed E-state index contributed by atoms with van der Waals surface area (Å²) < 4.78 is 38.9. The van der Waals surface area contributed by atoms with Crippen molar-refractivity contribution < 1.29 is 47.5 Å². The highest BCUT2D eigenvalue weighted by molar-refractivity contribution is 6.00. The number of carbonyl (C=O) groups is 3. The normalized spacial score (nSPS) is 30.2. The minimum absolute atomic E-state index is 0.121. The number of hydrazine groups is 2. The standard InChI is InChI=1S/C22H27N3O10/c1-11(26)33-18-16(25-15(20(28)30-3)14(23-24-25)19(27)29-2)17-13(34-22(18)31-4)10-32-21(35-17)12-8-6-5-7-9-12/h5-9,13,16-18,21-24H,10H2,1-4H3/t13-,16-,17-,18+,21-,22+/m1/s1. The van der Waals surface area contributed by atoms with E-state index in [-0.39, 0.29) is 18.0 Å². The molecule has 0 unspecified atom stereocenters. The third-order valence-electron chi connectivity index (χ3n) is 5.76. The summed E-state index contributed by atoms with van der Waals surface area (Å²) in [4.78, 5) is 37.2. The Morgan fingerprint density at radius 2 is 1.74 bits per heavy atom. The molecule has 3 heterocycles. The highest BCUT2D eigenvalue weighted by atomic mass is 16.8. The molecule has 1 aromatic rings. The van der Waals surface area contributed by atoms with Crippen LogP contribution in [0.2, 0.25) is 0 Å². The summed E-state index contributed by atoms with van der Waals surface area (Å²) in [6.45, 7) is 1.36. The van der Waals surface area contributed by atoms with Gasteiger partial charge in [-0.2, -0.15) is 0 Å². The molecular formula is C22H27N3O10. The second kappa shape index (κ2) is 10.6. The van der Waals surface area contributed by atoms with Crippen LogP contribution in [0.3, 0.4) is 0 Å². The molecule has 0 amide bonds. The molecule has 4 rings (SSSR count). The van der Waals surface area contributed by atoms with Crippen LogP contribution in [-0.2, 0) is 47.5 Å². The van der Waals surface area contributed by atoms with E-state index in [1.807, 2.05) is 30.3 Å². The lowest BCUT2D eigenvalue weighted by Crippen LogP contribution is -2.69. The van der Waals surface area contributed by atoms with E-state index in [0.717, 1.165) is 5.56 Å². The molecule has 3 aliphatic rings. The first-order valence-electron chi connectivity index (χ1n) is 10.8. The van der Waals surface area contributed by atoms with Gasteiger partial charge in [-0.15, -0.1) is 5.53 Å². The molecule has 13 heteroatoms. The Morgan fingerprint density at radius 1 is 1.03 bits per heavy atom. The van der Waals surface area contributed by atoms with Crippen LogP contribution in [0, 0.1) is 0 Å². The first-order chi connectivity index (χ1) is 16.9. The fraction of sp³-hybridized carbons (Fsp3) is 0.500. The highest BCUT2D eigenvalue weighted by Gasteiger charge is 2.56. The van der Waals surface area contributed by atoms with Gasteiger partial charge >= 0.3 is 17.9 Å². The SMILES string of the molecule is COC(=O)C1=C(C(=O)OC)N([C@H]2[C@H](OC(C)=O)[C@@H](OC)O[C@@H]3CO[C@@H](c4ccccc4)O[C@@H]23)NN1. The van der Waals surface area contributed by atoms with Gasteiger partial charge in [0.15, 0.2) is 30.1 Å². The number of carbonyl (C=O) groups excluding carboxylic acids is 3. The first-order valence-corrected chi connectivity index (χ1v) is 10.8. The summed E-state index contributed by atoms with van der Waals surface area (Å²) in [5.41, 5.74) is 5.79. The maximum Gasteiger partial charge on any atom is 0.358 e. The Morgan fingerprint density at radius 3 is 2.37 bits per heavy atom. The van der Waals surface area contributed by atoms with E-state index in [2.05, 4.69) is 11.0 Å². The van der Waals surface area contributed by atoms with E-state index in [0.29, 0.717) is 0 Å². The minimum Gasteiger partial charge on any atom is -0.464 e. The maximum absolute atomic E-state index is 12.8. The molecule has 0 aliphatic carbocycles. The molecule has 2 fully saturated rings. The number of esters is 3. The van der Waals surface area contributed by atoms with Crippen molar-refractivity contribution in [3.63, 3.8) is 0 Å². The van der Waals surface area contributed by atoms with Crippen LogP contribution in [-0.4, -0.2) is 81.5 Å². The van der Waals surface area contributed by atoms with Gasteiger partial charge in [0.05, 0.1) is 20.8 Å². The number of nitrogens with zero attached hydrogens (tertiary/aromatic N) is 1. The summed E-state index contributed by atoms with van der Waals surface area (Å²) in [5.74, 6) is -2.26. The zero-order valence-corrected chi connectivity index (χ0v) is 19.6. The molecule has 0 radical (unpaired) electrons. The number of ether oxygens (including phenoxy) is 7. The summed E-state index contributed by atoms with van der Waals surface area (Å²) in [5, 5.41) is 1.31. The highest BCUT2D eigenvalue weighted by Crippen LogP contribution is 2.38. The van der Waals surface area contributed by atoms with Gasteiger partial charge in [0.25, 0.3) is 0 Å². The first kappa shape index (κ1) is 24.9. The van der Waals surface area contributed by atoms with Gasteiger partial charge in [-0.3, -0.25) is 15.2 Å². The summed E-state index contributed by atoms with van der Waals surface area (Å²) in [6, 6.07) is 8.31.